The van der Waals surface area contributed by atoms with Gasteiger partial charge in [0.25, 0.3) is 5.69 Å². The molecule has 2 rings (SSSR count). The number of non-ortho nitro benzene ring substituents is 1. The van der Waals surface area contributed by atoms with E-state index in [0.29, 0.717) is 5.69 Å². The second-order valence-electron chi connectivity index (χ2n) is 4.68. The predicted octanol–water partition coefficient (Wildman–Crippen LogP) is 0.236. The molecule has 1 fully saturated rings. The van der Waals surface area contributed by atoms with E-state index < -0.39 is 20.9 Å². The molecular weight excluding hydrogens is 286 g/mol. The van der Waals surface area contributed by atoms with Crippen molar-refractivity contribution in [2.24, 2.45) is 11.1 Å². The normalized spacial score (nSPS) is 19.4. The maximum atomic E-state index is 11.9. The number of primary sulfonamides is 1. The van der Waals surface area contributed by atoms with Crippen molar-refractivity contribution < 1.29 is 18.1 Å². The van der Waals surface area contributed by atoms with Crippen molar-refractivity contribution in [1.29, 1.82) is 0 Å². The van der Waals surface area contributed by atoms with Crippen LogP contribution in [0.2, 0.25) is 0 Å². The molecule has 1 aromatic carbocycles. The summed E-state index contributed by atoms with van der Waals surface area (Å²) >= 11 is 0. The Balaban J connectivity index is 2.20. The molecule has 1 atom stereocenters. The number of sulfonamides is 1. The maximum Gasteiger partial charge on any atom is 0.271 e. The minimum Gasteiger partial charge on any atom is -0.312 e. The summed E-state index contributed by atoms with van der Waals surface area (Å²) in [6, 6.07) is 5.67. The zero-order valence-electron chi connectivity index (χ0n) is 10.4. The van der Waals surface area contributed by atoms with Crippen molar-refractivity contribution in [3.63, 3.8) is 0 Å². The first kappa shape index (κ1) is 14.4. The molecule has 1 unspecified atom stereocenters. The zero-order valence-corrected chi connectivity index (χ0v) is 11.2. The van der Waals surface area contributed by atoms with Crippen LogP contribution >= 0.6 is 0 Å². The fourth-order valence-corrected chi connectivity index (χ4v) is 3.13. The van der Waals surface area contributed by atoms with E-state index in [0.717, 1.165) is 0 Å². The van der Waals surface area contributed by atoms with Crippen LogP contribution in [0.3, 0.4) is 0 Å². The Morgan fingerprint density at radius 3 is 2.75 bits per heavy atom. The summed E-state index contributed by atoms with van der Waals surface area (Å²) in [5.41, 5.74) is 0.270. The highest BCUT2D eigenvalue weighted by Crippen LogP contribution is 2.28. The number of carbonyl (C=O) groups excluding carboxylic acids is 1. The highest BCUT2D eigenvalue weighted by Gasteiger charge is 2.33. The van der Waals surface area contributed by atoms with Crippen LogP contribution in [0.25, 0.3) is 0 Å². The highest BCUT2D eigenvalue weighted by atomic mass is 32.2. The van der Waals surface area contributed by atoms with Crippen molar-refractivity contribution in [3.05, 3.63) is 34.4 Å². The number of carbonyl (C=O) groups is 1. The van der Waals surface area contributed by atoms with Crippen LogP contribution < -0.4 is 10.0 Å². The summed E-state index contributed by atoms with van der Waals surface area (Å²) in [5.74, 6) is -0.930. The van der Waals surface area contributed by atoms with Gasteiger partial charge in [-0.25, -0.2) is 13.6 Å². The molecule has 2 N–H and O–H groups in total. The largest absolute Gasteiger partial charge is 0.312 e. The average molecular weight is 299 g/mol. The third-order valence-electron chi connectivity index (χ3n) is 3.03. The predicted molar refractivity (Wildman–Crippen MR) is 71.5 cm³/mol. The summed E-state index contributed by atoms with van der Waals surface area (Å²) in [7, 11) is -3.65. The lowest BCUT2D eigenvalue weighted by molar-refractivity contribution is -0.384. The van der Waals surface area contributed by atoms with Crippen LogP contribution in [-0.2, 0) is 14.8 Å². The minimum absolute atomic E-state index is 0.0686. The third kappa shape index (κ3) is 3.31. The van der Waals surface area contributed by atoms with E-state index in [2.05, 4.69) is 0 Å². The van der Waals surface area contributed by atoms with E-state index in [1.807, 2.05) is 0 Å². The standard InChI is InChI=1S/C11H13N3O5S/c12-20(18,19)7-8-4-11(15)13(6-8)9-2-1-3-10(5-9)14(16)17/h1-3,5,8H,4,6-7H2,(H2,12,18,19). The molecule has 1 heterocycles. The Labute approximate surface area is 115 Å². The fraction of sp³-hybridized carbons (Fsp3) is 0.364. The molecule has 1 amide bonds. The van der Waals surface area contributed by atoms with Gasteiger partial charge in [-0.3, -0.25) is 14.9 Å². The molecule has 20 heavy (non-hydrogen) atoms. The van der Waals surface area contributed by atoms with E-state index in [4.69, 9.17) is 5.14 Å². The Kier molecular flexibility index (Phi) is 3.73. The van der Waals surface area contributed by atoms with E-state index in [1.165, 1.54) is 23.1 Å². The van der Waals surface area contributed by atoms with Crippen molar-refractivity contribution in [2.45, 2.75) is 6.42 Å². The number of hydrogen-bond acceptors (Lipinski definition) is 5. The van der Waals surface area contributed by atoms with Gasteiger partial charge in [0.2, 0.25) is 15.9 Å². The van der Waals surface area contributed by atoms with Crippen molar-refractivity contribution in [1.82, 2.24) is 0 Å². The second-order valence-corrected chi connectivity index (χ2v) is 6.34. The van der Waals surface area contributed by atoms with Crippen molar-refractivity contribution in [2.75, 3.05) is 17.2 Å². The summed E-state index contributed by atoms with van der Waals surface area (Å²) in [4.78, 5) is 23.4. The Morgan fingerprint density at radius 1 is 1.45 bits per heavy atom. The fourth-order valence-electron chi connectivity index (χ4n) is 2.25. The lowest BCUT2D eigenvalue weighted by Gasteiger charge is -2.16. The monoisotopic (exact) mass is 299 g/mol. The van der Waals surface area contributed by atoms with Gasteiger partial charge in [-0.05, 0) is 6.07 Å². The first-order valence-electron chi connectivity index (χ1n) is 5.81. The van der Waals surface area contributed by atoms with Gasteiger partial charge in [0.05, 0.1) is 16.4 Å². The van der Waals surface area contributed by atoms with Crippen LogP contribution in [0.1, 0.15) is 6.42 Å². The number of rotatable bonds is 4. The SMILES string of the molecule is NS(=O)(=O)CC1CC(=O)N(c2cccc([N+](=O)[O-])c2)C1. The average Bonchev–Trinajstić information content (AvgIpc) is 2.68. The quantitative estimate of drug-likeness (QED) is 0.629. The number of nitro groups is 1. The van der Waals surface area contributed by atoms with Gasteiger partial charge in [-0.2, -0.15) is 0 Å². The van der Waals surface area contributed by atoms with Crippen LogP contribution in [0.15, 0.2) is 24.3 Å². The lowest BCUT2D eigenvalue weighted by Crippen LogP contribution is -2.27. The Bertz CT molecular complexity index is 658. The number of nitro benzene ring substituents is 1. The molecule has 1 aliphatic rings. The van der Waals surface area contributed by atoms with E-state index in [1.54, 1.807) is 6.07 Å². The van der Waals surface area contributed by atoms with E-state index in [-0.39, 0.29) is 30.3 Å². The zero-order chi connectivity index (χ0) is 14.9. The van der Waals surface area contributed by atoms with E-state index in [9.17, 15) is 23.3 Å². The molecule has 8 nitrogen and oxygen atoms in total. The van der Waals surface area contributed by atoms with Gasteiger partial charge in [0, 0.05) is 31.0 Å². The van der Waals surface area contributed by atoms with Gasteiger partial charge in [0.15, 0.2) is 0 Å². The number of benzene rings is 1. The number of amides is 1. The maximum absolute atomic E-state index is 11.9. The molecule has 1 aliphatic heterocycles. The van der Waals surface area contributed by atoms with Gasteiger partial charge in [0.1, 0.15) is 0 Å². The van der Waals surface area contributed by atoms with Gasteiger partial charge in [-0.15, -0.1) is 0 Å². The van der Waals surface area contributed by atoms with E-state index >= 15 is 0 Å². The molecular formula is C11H13N3O5S. The Hall–Kier alpha value is -2.00. The van der Waals surface area contributed by atoms with Gasteiger partial charge in [-0.1, -0.05) is 6.07 Å². The number of nitrogens with zero attached hydrogens (tertiary/aromatic N) is 2. The third-order valence-corrected chi connectivity index (χ3v) is 3.96. The molecule has 1 aromatic rings. The molecule has 0 spiro atoms. The molecule has 1 saturated heterocycles. The Morgan fingerprint density at radius 2 is 2.15 bits per heavy atom. The van der Waals surface area contributed by atoms with Crippen molar-refractivity contribution in [3.8, 4) is 0 Å². The van der Waals surface area contributed by atoms with Gasteiger partial charge >= 0.3 is 0 Å². The molecule has 0 saturated carbocycles. The van der Waals surface area contributed by atoms with Gasteiger partial charge < -0.3 is 4.90 Å². The smallest absolute Gasteiger partial charge is 0.271 e. The summed E-state index contributed by atoms with van der Waals surface area (Å²) in [6.45, 7) is 0.191. The molecule has 0 aliphatic carbocycles. The number of anilines is 1. The molecule has 0 aromatic heterocycles. The minimum atomic E-state index is -3.65. The molecule has 9 heteroatoms. The van der Waals surface area contributed by atoms with Crippen LogP contribution in [-0.4, -0.2) is 31.5 Å². The first-order valence-corrected chi connectivity index (χ1v) is 7.53. The first-order chi connectivity index (χ1) is 9.26. The number of nitrogens with two attached hydrogens (primary N) is 1. The van der Waals surface area contributed by atoms with Crippen LogP contribution in [0.4, 0.5) is 11.4 Å². The number of hydrogen-bond donors (Lipinski definition) is 1. The van der Waals surface area contributed by atoms with Crippen LogP contribution in [0.5, 0.6) is 0 Å². The van der Waals surface area contributed by atoms with Crippen molar-refractivity contribution >= 4 is 27.3 Å². The second kappa shape index (κ2) is 5.17. The summed E-state index contributed by atoms with van der Waals surface area (Å²) in [6.07, 6.45) is 0.0686. The highest BCUT2D eigenvalue weighted by molar-refractivity contribution is 7.89. The molecule has 0 radical (unpaired) electrons. The summed E-state index contributed by atoms with van der Waals surface area (Å²) < 4.78 is 22.1. The van der Waals surface area contributed by atoms with Crippen LogP contribution in [0, 0.1) is 16.0 Å². The topological polar surface area (TPSA) is 124 Å². The molecule has 108 valence electrons. The molecule has 0 bridgehead atoms. The summed E-state index contributed by atoms with van der Waals surface area (Å²) in [5, 5.41) is 15.7. The lowest BCUT2D eigenvalue weighted by atomic mass is 10.1.